The lowest BCUT2D eigenvalue weighted by atomic mass is 9.82. The van der Waals surface area contributed by atoms with Gasteiger partial charge in [0.1, 0.15) is 23.9 Å². The molecule has 11 nitrogen and oxygen atoms in total. The summed E-state index contributed by atoms with van der Waals surface area (Å²) in [6.45, 7) is 9.82. The first-order valence-corrected chi connectivity index (χ1v) is 16.8. The molecule has 5 rings (SSSR count). The zero-order chi connectivity index (χ0) is 32.3. The van der Waals surface area contributed by atoms with Gasteiger partial charge in [0.2, 0.25) is 17.7 Å². The number of benzene rings is 1. The molecule has 1 aliphatic carbocycles. The second-order valence-corrected chi connectivity index (χ2v) is 14.6. The van der Waals surface area contributed by atoms with Crippen molar-refractivity contribution in [2.24, 2.45) is 11.3 Å². The van der Waals surface area contributed by atoms with E-state index >= 15 is 0 Å². The fourth-order valence-electron chi connectivity index (χ4n) is 7.57. The van der Waals surface area contributed by atoms with Gasteiger partial charge in [-0.3, -0.25) is 24.2 Å². The maximum atomic E-state index is 14.6. The van der Waals surface area contributed by atoms with Gasteiger partial charge in [0.15, 0.2) is 0 Å². The van der Waals surface area contributed by atoms with Crippen LogP contribution in [0.15, 0.2) is 24.3 Å². The van der Waals surface area contributed by atoms with E-state index in [1.165, 1.54) is 0 Å². The molecule has 0 unspecified atom stereocenters. The van der Waals surface area contributed by atoms with Gasteiger partial charge in [-0.05, 0) is 56.6 Å². The molecule has 1 saturated carbocycles. The fourth-order valence-corrected chi connectivity index (χ4v) is 7.57. The summed E-state index contributed by atoms with van der Waals surface area (Å²) in [7, 11) is 0. The number of nitrogens with zero attached hydrogens (tertiary/aromatic N) is 3. The Balaban J connectivity index is 1.39. The third kappa shape index (κ3) is 7.73. The zero-order valence-corrected chi connectivity index (χ0v) is 27.3. The Morgan fingerprint density at radius 2 is 1.76 bits per heavy atom. The molecule has 4 amide bonds. The highest BCUT2D eigenvalue weighted by atomic mass is 16.5. The van der Waals surface area contributed by atoms with Crippen LogP contribution in [-0.2, 0) is 14.4 Å². The predicted octanol–water partition coefficient (Wildman–Crippen LogP) is 3.78. The summed E-state index contributed by atoms with van der Waals surface area (Å²) in [5, 5.41) is 16.2. The molecule has 0 spiro atoms. The Morgan fingerprint density at radius 3 is 2.47 bits per heavy atom. The molecule has 11 heteroatoms. The van der Waals surface area contributed by atoms with Gasteiger partial charge in [0.25, 0.3) is 0 Å². The number of piperazine rings is 1. The molecule has 3 aliphatic heterocycles. The normalized spacial score (nSPS) is 25.2. The van der Waals surface area contributed by atoms with Gasteiger partial charge in [0.05, 0.1) is 12.6 Å². The van der Waals surface area contributed by atoms with Crippen LogP contribution in [0.4, 0.5) is 4.79 Å². The van der Waals surface area contributed by atoms with Gasteiger partial charge in [-0.1, -0.05) is 58.2 Å². The Morgan fingerprint density at radius 1 is 1.02 bits per heavy atom. The third-order valence-corrected chi connectivity index (χ3v) is 9.97. The zero-order valence-electron chi connectivity index (χ0n) is 27.3. The summed E-state index contributed by atoms with van der Waals surface area (Å²) in [5.41, 5.74) is 0.585. The van der Waals surface area contributed by atoms with Crippen LogP contribution in [-0.4, -0.2) is 101 Å². The van der Waals surface area contributed by atoms with Crippen LogP contribution in [0.2, 0.25) is 0 Å². The largest absolute Gasteiger partial charge is 0.493 e. The second kappa shape index (κ2) is 14.0. The molecule has 3 N–H and O–H groups in total. The molecule has 0 bridgehead atoms. The first kappa shape index (κ1) is 33.0. The van der Waals surface area contributed by atoms with Crippen LogP contribution in [0.5, 0.6) is 5.75 Å². The maximum absolute atomic E-state index is 14.6. The minimum absolute atomic E-state index is 0.0732. The monoisotopic (exact) mass is 625 g/mol. The number of carbonyl (C=O) groups is 4. The van der Waals surface area contributed by atoms with E-state index < -0.39 is 30.1 Å². The standard InChI is InChI=1S/C34H51N5O6/c1-22(39(33(43)44)21-34(2,3)4)30(40)36-29(23-11-6-5-7-12-23)32(42)38-19-24-13-10-17-37(24)20-27(38)31(41)35-26-16-18-45-28-15-9-8-14-25(26)28/h8-9,14-15,22-24,26-27,29H,5-7,10-13,16-21H2,1-4H3,(H,35,41)(H,36,40)(H,43,44)/t22-,24-,26+,27-,29-/m0/s1. The Hall–Kier alpha value is -3.34. The van der Waals surface area contributed by atoms with Gasteiger partial charge in [0, 0.05) is 37.7 Å². The Bertz CT molecular complexity index is 1240. The number of amides is 4. The Labute approximate surface area is 267 Å². The smallest absolute Gasteiger partial charge is 0.407 e. The first-order chi connectivity index (χ1) is 21.4. The van der Waals surface area contributed by atoms with Gasteiger partial charge in [-0.15, -0.1) is 0 Å². The Kier molecular flexibility index (Phi) is 10.3. The number of para-hydroxylation sites is 1. The minimum atomic E-state index is -1.17. The van der Waals surface area contributed by atoms with Crippen LogP contribution in [0.25, 0.3) is 0 Å². The van der Waals surface area contributed by atoms with Gasteiger partial charge >= 0.3 is 6.09 Å². The van der Waals surface area contributed by atoms with Crippen LogP contribution in [0.1, 0.15) is 90.7 Å². The summed E-state index contributed by atoms with van der Waals surface area (Å²) in [4.78, 5) is 59.8. The quantitative estimate of drug-likeness (QED) is 0.401. The highest BCUT2D eigenvalue weighted by Crippen LogP contribution is 2.34. The molecule has 3 fully saturated rings. The molecule has 0 aromatic heterocycles. The van der Waals surface area contributed by atoms with Crippen molar-refractivity contribution in [2.45, 2.75) is 109 Å². The van der Waals surface area contributed by atoms with E-state index in [2.05, 4.69) is 15.5 Å². The lowest BCUT2D eigenvalue weighted by Crippen LogP contribution is -2.66. The van der Waals surface area contributed by atoms with Gasteiger partial charge in [-0.25, -0.2) is 4.79 Å². The molecule has 3 heterocycles. The van der Waals surface area contributed by atoms with E-state index in [9.17, 15) is 24.3 Å². The van der Waals surface area contributed by atoms with Crippen molar-refractivity contribution in [3.05, 3.63) is 29.8 Å². The average molecular weight is 626 g/mol. The average Bonchev–Trinajstić information content (AvgIpc) is 3.49. The van der Waals surface area contributed by atoms with Crippen molar-refractivity contribution in [3.63, 3.8) is 0 Å². The molecule has 45 heavy (non-hydrogen) atoms. The van der Waals surface area contributed by atoms with Crippen molar-refractivity contribution in [2.75, 3.05) is 32.8 Å². The number of hydrogen-bond acceptors (Lipinski definition) is 6. The van der Waals surface area contributed by atoms with Crippen molar-refractivity contribution >= 4 is 23.8 Å². The molecule has 2 saturated heterocycles. The van der Waals surface area contributed by atoms with E-state index in [0.717, 1.165) is 67.7 Å². The number of ether oxygens (including phenoxy) is 1. The summed E-state index contributed by atoms with van der Waals surface area (Å²) in [5.74, 6) is -0.221. The van der Waals surface area contributed by atoms with Crippen molar-refractivity contribution in [1.29, 1.82) is 0 Å². The van der Waals surface area contributed by atoms with Crippen LogP contribution in [0.3, 0.4) is 0 Å². The lowest BCUT2D eigenvalue weighted by molar-refractivity contribution is -0.150. The maximum Gasteiger partial charge on any atom is 0.407 e. The second-order valence-electron chi connectivity index (χ2n) is 14.6. The van der Waals surface area contributed by atoms with Crippen molar-refractivity contribution in [1.82, 2.24) is 25.3 Å². The molecule has 5 atom stereocenters. The highest BCUT2D eigenvalue weighted by molar-refractivity contribution is 5.94. The molecule has 1 aromatic carbocycles. The van der Waals surface area contributed by atoms with Crippen LogP contribution in [0, 0.1) is 11.3 Å². The minimum Gasteiger partial charge on any atom is -0.493 e. The van der Waals surface area contributed by atoms with E-state index in [1.807, 2.05) is 45.0 Å². The van der Waals surface area contributed by atoms with Crippen LogP contribution < -0.4 is 15.4 Å². The molecular formula is C34H51N5O6. The number of carboxylic acid groups (broad SMARTS) is 1. The van der Waals surface area contributed by atoms with Crippen molar-refractivity contribution < 1.29 is 29.0 Å². The van der Waals surface area contributed by atoms with E-state index in [0.29, 0.717) is 26.1 Å². The highest BCUT2D eigenvalue weighted by Gasteiger charge is 2.46. The summed E-state index contributed by atoms with van der Waals surface area (Å²) in [6.07, 6.45) is 6.07. The molecule has 4 aliphatic rings. The summed E-state index contributed by atoms with van der Waals surface area (Å²) >= 11 is 0. The van der Waals surface area contributed by atoms with E-state index in [-0.39, 0.29) is 41.8 Å². The molecular weight excluding hydrogens is 574 g/mol. The van der Waals surface area contributed by atoms with E-state index in [4.69, 9.17) is 4.74 Å². The fraction of sp³-hybridized carbons (Fsp3) is 0.706. The predicted molar refractivity (Wildman–Crippen MR) is 170 cm³/mol. The summed E-state index contributed by atoms with van der Waals surface area (Å²) in [6, 6.07) is 5.20. The van der Waals surface area contributed by atoms with Gasteiger partial charge < -0.3 is 25.4 Å². The SMILES string of the molecule is C[C@@H](C(=O)N[C@H](C(=O)N1C[C@@H]2CCCN2C[C@H]1C(=O)N[C@@H]1CCOc2ccccc21)C1CCCCC1)N(CC(C)(C)C)C(=O)O. The number of nitrogens with one attached hydrogen (secondary N) is 2. The summed E-state index contributed by atoms with van der Waals surface area (Å²) < 4.78 is 5.81. The van der Waals surface area contributed by atoms with Gasteiger partial charge in [-0.2, -0.15) is 0 Å². The molecule has 1 aromatic rings. The van der Waals surface area contributed by atoms with E-state index in [1.54, 1.807) is 11.8 Å². The third-order valence-electron chi connectivity index (χ3n) is 9.97. The van der Waals surface area contributed by atoms with Crippen LogP contribution >= 0.6 is 0 Å². The number of carbonyl (C=O) groups excluding carboxylic acids is 3. The topological polar surface area (TPSA) is 132 Å². The first-order valence-electron chi connectivity index (χ1n) is 16.8. The number of fused-ring (bicyclic) bond motifs is 2. The van der Waals surface area contributed by atoms with Crippen molar-refractivity contribution in [3.8, 4) is 5.75 Å². The lowest BCUT2D eigenvalue weighted by Gasteiger charge is -2.45. The number of hydrogen-bond donors (Lipinski definition) is 3. The molecule has 0 radical (unpaired) electrons. The molecule has 248 valence electrons. The number of rotatable bonds is 8.